The molecule has 19 heavy (non-hydrogen) atoms. The summed E-state index contributed by atoms with van der Waals surface area (Å²) in [7, 11) is 0. The molecule has 0 saturated carbocycles. The number of carbonyl (C=O) groups excluding carboxylic acids is 1. The van der Waals surface area contributed by atoms with Crippen LogP contribution in [0.3, 0.4) is 0 Å². The third kappa shape index (κ3) is 4.99. The second-order valence-corrected chi connectivity index (χ2v) is 5.21. The monoisotopic (exact) mass is 268 g/mol. The lowest BCUT2D eigenvalue weighted by Gasteiger charge is -2.34. The molecule has 0 saturated heterocycles. The molecule has 0 aliphatic heterocycles. The highest BCUT2D eigenvalue weighted by Gasteiger charge is 2.28. The third-order valence-corrected chi connectivity index (χ3v) is 2.57. The van der Waals surface area contributed by atoms with Gasteiger partial charge >= 0.3 is 12.0 Å². The Bertz CT molecular complexity index is 423. The summed E-state index contributed by atoms with van der Waals surface area (Å²) in [6, 6.07) is -0.380. The molecule has 106 valence electrons. The summed E-state index contributed by atoms with van der Waals surface area (Å²) in [5.41, 5.74) is 0.372. The number of aromatic nitrogens is 2. The number of rotatable bonds is 5. The van der Waals surface area contributed by atoms with E-state index < -0.39 is 11.5 Å². The minimum absolute atomic E-state index is 0.320. The molecule has 0 unspecified atom stereocenters. The highest BCUT2D eigenvalue weighted by molar-refractivity contribution is 5.80. The van der Waals surface area contributed by atoms with Gasteiger partial charge in [-0.05, 0) is 20.8 Å². The highest BCUT2D eigenvalue weighted by Crippen LogP contribution is 2.12. The number of hydrogen-bond donors (Lipinski definition) is 3. The maximum absolute atomic E-state index is 12.0. The van der Waals surface area contributed by atoms with Crippen LogP contribution in [0.4, 0.5) is 4.79 Å². The average Bonchev–Trinajstić information content (AvgIpc) is 2.77. The van der Waals surface area contributed by atoms with Crippen LogP contribution in [0.25, 0.3) is 0 Å². The van der Waals surface area contributed by atoms with E-state index in [1.54, 1.807) is 33.3 Å². The van der Waals surface area contributed by atoms with Crippen molar-refractivity contribution in [3.05, 3.63) is 18.2 Å². The Hall–Kier alpha value is -2.05. The van der Waals surface area contributed by atoms with Gasteiger partial charge in [0.2, 0.25) is 0 Å². The molecule has 7 heteroatoms. The van der Waals surface area contributed by atoms with Crippen molar-refractivity contribution in [2.75, 3.05) is 13.1 Å². The molecule has 2 amide bonds. The molecule has 0 radical (unpaired) electrons. The lowest BCUT2D eigenvalue weighted by molar-refractivity contribution is -0.138. The van der Waals surface area contributed by atoms with Gasteiger partial charge in [0.05, 0.1) is 6.33 Å². The second kappa shape index (κ2) is 6.21. The second-order valence-electron chi connectivity index (χ2n) is 5.21. The van der Waals surface area contributed by atoms with Crippen molar-refractivity contribution >= 4 is 12.0 Å². The average molecular weight is 268 g/mol. The zero-order valence-corrected chi connectivity index (χ0v) is 11.4. The molecule has 0 aromatic carbocycles. The van der Waals surface area contributed by atoms with E-state index in [0.717, 1.165) is 5.69 Å². The zero-order valence-electron chi connectivity index (χ0n) is 11.4. The maximum atomic E-state index is 12.0. The molecular weight excluding hydrogens is 248 g/mol. The number of aliphatic carboxylic acids is 1. The van der Waals surface area contributed by atoms with Gasteiger partial charge in [0.15, 0.2) is 0 Å². The number of H-pyrrole nitrogens is 1. The molecule has 1 aromatic rings. The molecule has 7 nitrogen and oxygen atoms in total. The number of carboxylic acid groups (broad SMARTS) is 1. The maximum Gasteiger partial charge on any atom is 0.323 e. The number of nitrogens with zero attached hydrogens (tertiary/aromatic N) is 2. The third-order valence-electron chi connectivity index (χ3n) is 2.57. The summed E-state index contributed by atoms with van der Waals surface area (Å²) in [4.78, 5) is 30.9. The molecule has 0 aliphatic rings. The van der Waals surface area contributed by atoms with Crippen LogP contribution in [-0.4, -0.2) is 50.6 Å². The Balaban J connectivity index is 2.50. The van der Waals surface area contributed by atoms with E-state index in [0.29, 0.717) is 13.0 Å². The Morgan fingerprint density at radius 3 is 2.63 bits per heavy atom. The van der Waals surface area contributed by atoms with Gasteiger partial charge in [-0.15, -0.1) is 0 Å². The Morgan fingerprint density at radius 2 is 2.16 bits per heavy atom. The first-order chi connectivity index (χ1) is 8.80. The number of hydrogen-bond acceptors (Lipinski definition) is 3. The minimum Gasteiger partial charge on any atom is -0.480 e. The number of nitrogens with one attached hydrogen (secondary N) is 2. The van der Waals surface area contributed by atoms with Crippen molar-refractivity contribution in [1.29, 1.82) is 0 Å². The van der Waals surface area contributed by atoms with E-state index in [1.165, 1.54) is 4.90 Å². The van der Waals surface area contributed by atoms with Gasteiger partial charge in [0.1, 0.15) is 6.54 Å². The smallest absolute Gasteiger partial charge is 0.323 e. The molecule has 3 N–H and O–H groups in total. The number of aromatic amines is 1. The number of imidazole rings is 1. The van der Waals surface area contributed by atoms with E-state index in [-0.39, 0.29) is 12.6 Å². The van der Waals surface area contributed by atoms with E-state index in [4.69, 9.17) is 5.11 Å². The largest absolute Gasteiger partial charge is 0.480 e. The fourth-order valence-corrected chi connectivity index (χ4v) is 1.57. The van der Waals surface area contributed by atoms with E-state index in [1.807, 2.05) is 0 Å². The molecule has 0 fully saturated rings. The van der Waals surface area contributed by atoms with Gasteiger partial charge in [-0.1, -0.05) is 0 Å². The van der Waals surface area contributed by atoms with Crippen molar-refractivity contribution in [3.8, 4) is 0 Å². The lowest BCUT2D eigenvalue weighted by atomic mass is 10.1. The highest BCUT2D eigenvalue weighted by atomic mass is 16.4. The number of urea groups is 1. The first-order valence-corrected chi connectivity index (χ1v) is 6.05. The SMILES string of the molecule is CC(C)(C)N(CC(=O)O)C(=O)NCCc1cnc[nH]1. The molecule has 1 aromatic heterocycles. The molecule has 1 rings (SSSR count). The molecular formula is C12H20N4O3. The lowest BCUT2D eigenvalue weighted by Crippen LogP contribution is -2.52. The summed E-state index contributed by atoms with van der Waals surface area (Å²) in [6.45, 7) is 5.49. The number of carboxylic acids is 1. The standard InChI is InChI=1S/C12H20N4O3/c1-12(2,3)16(7-10(17)18)11(19)14-5-4-9-6-13-8-15-9/h6,8H,4-5,7H2,1-3H3,(H,13,15)(H,14,19)(H,17,18). The first kappa shape index (κ1) is 15.0. The van der Waals surface area contributed by atoms with Crippen LogP contribution in [-0.2, 0) is 11.2 Å². The van der Waals surface area contributed by atoms with E-state index in [9.17, 15) is 9.59 Å². The van der Waals surface area contributed by atoms with Gasteiger partial charge in [0.25, 0.3) is 0 Å². The van der Waals surface area contributed by atoms with Crippen molar-refractivity contribution < 1.29 is 14.7 Å². The summed E-state index contributed by atoms with van der Waals surface area (Å²) in [5, 5.41) is 11.5. The van der Waals surface area contributed by atoms with Crippen LogP contribution in [0.15, 0.2) is 12.5 Å². The molecule has 0 atom stereocenters. The molecule has 0 aliphatic carbocycles. The minimum atomic E-state index is -1.03. The molecule has 0 spiro atoms. The molecule has 0 bridgehead atoms. The summed E-state index contributed by atoms with van der Waals surface area (Å²) in [5.74, 6) is -1.03. The predicted molar refractivity (Wildman–Crippen MR) is 69.8 cm³/mol. The number of amides is 2. The van der Waals surface area contributed by atoms with Crippen LogP contribution in [0.1, 0.15) is 26.5 Å². The van der Waals surface area contributed by atoms with Gasteiger partial charge in [-0.2, -0.15) is 0 Å². The van der Waals surface area contributed by atoms with Crippen molar-refractivity contribution in [3.63, 3.8) is 0 Å². The van der Waals surface area contributed by atoms with Gasteiger partial charge < -0.3 is 20.3 Å². The fraction of sp³-hybridized carbons (Fsp3) is 0.583. The van der Waals surface area contributed by atoms with Crippen LogP contribution >= 0.6 is 0 Å². The van der Waals surface area contributed by atoms with Crippen molar-refractivity contribution in [1.82, 2.24) is 20.2 Å². The van der Waals surface area contributed by atoms with Crippen LogP contribution in [0.2, 0.25) is 0 Å². The van der Waals surface area contributed by atoms with Crippen LogP contribution in [0, 0.1) is 0 Å². The topological polar surface area (TPSA) is 98.3 Å². The van der Waals surface area contributed by atoms with Crippen molar-refractivity contribution in [2.24, 2.45) is 0 Å². The van der Waals surface area contributed by atoms with Crippen LogP contribution < -0.4 is 5.32 Å². The van der Waals surface area contributed by atoms with Gasteiger partial charge in [0, 0.05) is 30.4 Å². The van der Waals surface area contributed by atoms with Gasteiger partial charge in [-0.25, -0.2) is 9.78 Å². The summed E-state index contributed by atoms with van der Waals surface area (Å²) < 4.78 is 0. The Morgan fingerprint density at radius 1 is 1.47 bits per heavy atom. The fourth-order valence-electron chi connectivity index (χ4n) is 1.57. The normalized spacial score (nSPS) is 11.1. The Labute approximate surface area is 112 Å². The summed E-state index contributed by atoms with van der Waals surface area (Å²) >= 11 is 0. The van der Waals surface area contributed by atoms with E-state index in [2.05, 4.69) is 15.3 Å². The van der Waals surface area contributed by atoms with Crippen LogP contribution in [0.5, 0.6) is 0 Å². The predicted octanol–water partition coefficient (Wildman–Crippen LogP) is 0.847. The molecule has 1 heterocycles. The number of carbonyl (C=O) groups is 2. The zero-order chi connectivity index (χ0) is 14.5. The van der Waals surface area contributed by atoms with E-state index >= 15 is 0 Å². The van der Waals surface area contributed by atoms with Gasteiger partial charge in [-0.3, -0.25) is 4.79 Å². The summed E-state index contributed by atoms with van der Waals surface area (Å²) in [6.07, 6.45) is 3.88. The Kier molecular flexibility index (Phi) is 4.91. The quantitative estimate of drug-likeness (QED) is 0.737. The van der Waals surface area contributed by atoms with Crippen molar-refractivity contribution in [2.45, 2.75) is 32.7 Å². The first-order valence-electron chi connectivity index (χ1n) is 6.05.